The molecule has 0 atom stereocenters. The molecule has 2 aromatic rings. The molecule has 0 unspecified atom stereocenters. The second kappa shape index (κ2) is 5.51. The van der Waals surface area contributed by atoms with Gasteiger partial charge in [0.15, 0.2) is 5.03 Å². The van der Waals surface area contributed by atoms with Crippen LogP contribution in [0.1, 0.15) is 11.3 Å². The van der Waals surface area contributed by atoms with E-state index in [0.717, 1.165) is 5.69 Å². The Balaban J connectivity index is 2.14. The summed E-state index contributed by atoms with van der Waals surface area (Å²) in [6.45, 7) is 0.606. The van der Waals surface area contributed by atoms with Crippen molar-refractivity contribution in [1.82, 2.24) is 30.0 Å². The summed E-state index contributed by atoms with van der Waals surface area (Å²) in [6.07, 6.45) is 3.11. The highest BCUT2D eigenvalue weighted by molar-refractivity contribution is 7.89. The molecule has 19 heavy (non-hydrogen) atoms. The monoisotopic (exact) mass is 284 g/mol. The highest BCUT2D eigenvalue weighted by Crippen LogP contribution is 2.11. The summed E-state index contributed by atoms with van der Waals surface area (Å²) >= 11 is 0. The second-order valence-corrected chi connectivity index (χ2v) is 5.73. The number of nitrogens with one attached hydrogen (secondary N) is 3. The van der Waals surface area contributed by atoms with Crippen molar-refractivity contribution >= 4 is 10.0 Å². The first-order chi connectivity index (χ1) is 9.04. The van der Waals surface area contributed by atoms with E-state index in [2.05, 4.69) is 25.3 Å². The highest BCUT2D eigenvalue weighted by Gasteiger charge is 2.20. The second-order valence-electron chi connectivity index (χ2n) is 4.03. The number of aromatic amines is 1. The summed E-state index contributed by atoms with van der Waals surface area (Å²) in [7, 11) is -0.113. The Morgan fingerprint density at radius 3 is 2.84 bits per heavy atom. The van der Waals surface area contributed by atoms with Crippen LogP contribution in [0.5, 0.6) is 0 Å². The molecule has 104 valence electrons. The lowest BCUT2D eigenvalue weighted by atomic mass is 10.4. The van der Waals surface area contributed by atoms with Gasteiger partial charge in [-0.15, -0.1) is 0 Å². The number of hydrogen-bond acceptors (Lipinski definition) is 5. The lowest BCUT2D eigenvalue weighted by Crippen LogP contribution is -2.26. The maximum Gasteiger partial charge on any atom is 0.258 e. The molecule has 0 aromatic carbocycles. The van der Waals surface area contributed by atoms with Crippen molar-refractivity contribution in [3.8, 4) is 0 Å². The van der Waals surface area contributed by atoms with Gasteiger partial charge in [0, 0.05) is 25.4 Å². The van der Waals surface area contributed by atoms with E-state index in [1.807, 2.05) is 0 Å². The average molecular weight is 284 g/mol. The average Bonchev–Trinajstić information content (AvgIpc) is 2.97. The summed E-state index contributed by atoms with van der Waals surface area (Å²) in [5, 5.41) is 13.2. The molecule has 2 heterocycles. The SMILES string of the molecule is CNCc1cn[nH]c1S(=O)(=O)NCc1ccnn1C. The van der Waals surface area contributed by atoms with E-state index in [9.17, 15) is 8.42 Å². The standard InChI is InChI=1S/C10H16N6O2S/c1-11-5-8-6-12-15-10(8)19(17,18)14-7-9-3-4-13-16(9)2/h3-4,6,11,14H,5,7H2,1-2H3,(H,12,15). The molecule has 0 aliphatic rings. The van der Waals surface area contributed by atoms with Crippen molar-refractivity contribution in [3.05, 3.63) is 29.7 Å². The number of sulfonamides is 1. The van der Waals surface area contributed by atoms with Crippen LogP contribution in [0, 0.1) is 0 Å². The fourth-order valence-electron chi connectivity index (χ4n) is 1.66. The van der Waals surface area contributed by atoms with E-state index in [1.54, 1.807) is 31.0 Å². The van der Waals surface area contributed by atoms with Gasteiger partial charge in [0.05, 0.1) is 18.4 Å². The topological polar surface area (TPSA) is 105 Å². The minimum atomic E-state index is -3.61. The molecule has 0 radical (unpaired) electrons. The van der Waals surface area contributed by atoms with Gasteiger partial charge in [-0.25, -0.2) is 13.1 Å². The van der Waals surface area contributed by atoms with Crippen LogP contribution in [-0.4, -0.2) is 35.4 Å². The van der Waals surface area contributed by atoms with Crippen LogP contribution < -0.4 is 10.0 Å². The summed E-state index contributed by atoms with van der Waals surface area (Å²) in [6, 6.07) is 1.75. The van der Waals surface area contributed by atoms with Gasteiger partial charge < -0.3 is 5.32 Å². The van der Waals surface area contributed by atoms with E-state index in [0.29, 0.717) is 12.1 Å². The predicted octanol–water partition coefficient (Wildman–Crippen LogP) is -0.659. The van der Waals surface area contributed by atoms with Crippen LogP contribution in [0.4, 0.5) is 0 Å². The first kappa shape index (κ1) is 13.7. The summed E-state index contributed by atoms with van der Waals surface area (Å²) in [5.41, 5.74) is 1.37. The minimum absolute atomic E-state index is 0.0871. The van der Waals surface area contributed by atoms with Gasteiger partial charge in [0.2, 0.25) is 0 Å². The van der Waals surface area contributed by atoms with E-state index in [1.165, 1.54) is 6.20 Å². The zero-order valence-corrected chi connectivity index (χ0v) is 11.5. The smallest absolute Gasteiger partial charge is 0.258 e. The molecule has 2 aromatic heterocycles. The lowest BCUT2D eigenvalue weighted by molar-refractivity contribution is 0.571. The molecule has 0 amide bonds. The summed E-state index contributed by atoms with van der Waals surface area (Å²) in [4.78, 5) is 0. The van der Waals surface area contributed by atoms with Crippen molar-refractivity contribution in [2.75, 3.05) is 7.05 Å². The van der Waals surface area contributed by atoms with Crippen LogP contribution in [0.3, 0.4) is 0 Å². The Morgan fingerprint density at radius 1 is 1.42 bits per heavy atom. The normalized spacial score (nSPS) is 11.9. The van der Waals surface area contributed by atoms with Crippen molar-refractivity contribution in [2.24, 2.45) is 7.05 Å². The van der Waals surface area contributed by atoms with Crippen LogP contribution in [-0.2, 0) is 30.2 Å². The Kier molecular flexibility index (Phi) is 3.98. The van der Waals surface area contributed by atoms with Crippen LogP contribution >= 0.6 is 0 Å². The van der Waals surface area contributed by atoms with Gasteiger partial charge >= 0.3 is 0 Å². The van der Waals surface area contributed by atoms with E-state index in [-0.39, 0.29) is 11.6 Å². The fraction of sp³-hybridized carbons (Fsp3) is 0.400. The minimum Gasteiger partial charge on any atom is -0.316 e. The summed E-state index contributed by atoms with van der Waals surface area (Å²) in [5.74, 6) is 0. The van der Waals surface area contributed by atoms with Gasteiger partial charge in [0.1, 0.15) is 0 Å². The molecule has 0 bridgehead atoms. The molecule has 8 nitrogen and oxygen atoms in total. The van der Waals surface area contributed by atoms with Crippen LogP contribution in [0.25, 0.3) is 0 Å². The van der Waals surface area contributed by atoms with Crippen molar-refractivity contribution in [2.45, 2.75) is 18.1 Å². The fourth-order valence-corrected chi connectivity index (χ4v) is 2.79. The largest absolute Gasteiger partial charge is 0.316 e. The van der Waals surface area contributed by atoms with E-state index >= 15 is 0 Å². The zero-order valence-electron chi connectivity index (χ0n) is 10.7. The molecule has 0 aliphatic carbocycles. The lowest BCUT2D eigenvalue weighted by Gasteiger charge is -2.07. The number of aromatic nitrogens is 4. The van der Waals surface area contributed by atoms with Gasteiger partial charge in [-0.1, -0.05) is 0 Å². The molecule has 9 heteroatoms. The number of aryl methyl sites for hydroxylation is 1. The summed E-state index contributed by atoms with van der Waals surface area (Å²) < 4.78 is 28.4. The molecule has 0 fully saturated rings. The quantitative estimate of drug-likeness (QED) is 0.653. The van der Waals surface area contributed by atoms with Gasteiger partial charge in [-0.2, -0.15) is 10.2 Å². The van der Waals surface area contributed by atoms with E-state index < -0.39 is 10.0 Å². The molecular weight excluding hydrogens is 268 g/mol. The number of hydrogen-bond donors (Lipinski definition) is 3. The molecule has 0 saturated heterocycles. The molecule has 0 aliphatic heterocycles. The third-order valence-corrected chi connectivity index (χ3v) is 4.10. The Labute approximate surface area is 111 Å². The van der Waals surface area contributed by atoms with Gasteiger partial charge in [-0.05, 0) is 13.1 Å². The molecule has 0 saturated carbocycles. The number of H-pyrrole nitrogens is 1. The number of rotatable bonds is 6. The van der Waals surface area contributed by atoms with Crippen LogP contribution in [0.2, 0.25) is 0 Å². The molecule has 3 N–H and O–H groups in total. The molecule has 0 spiro atoms. The van der Waals surface area contributed by atoms with E-state index in [4.69, 9.17) is 0 Å². The van der Waals surface area contributed by atoms with Crippen molar-refractivity contribution in [3.63, 3.8) is 0 Å². The maximum atomic E-state index is 12.2. The Bertz CT molecular complexity index is 645. The zero-order chi connectivity index (χ0) is 13.9. The molecule has 2 rings (SSSR count). The maximum absolute atomic E-state index is 12.2. The Hall–Kier alpha value is -1.71. The molecular formula is C10H16N6O2S. The predicted molar refractivity (Wildman–Crippen MR) is 68.6 cm³/mol. The third kappa shape index (κ3) is 3.00. The number of nitrogens with zero attached hydrogens (tertiary/aromatic N) is 3. The van der Waals surface area contributed by atoms with Crippen molar-refractivity contribution < 1.29 is 8.42 Å². The highest BCUT2D eigenvalue weighted by atomic mass is 32.2. The third-order valence-electron chi connectivity index (χ3n) is 2.68. The van der Waals surface area contributed by atoms with Gasteiger partial charge in [-0.3, -0.25) is 9.78 Å². The first-order valence-corrected chi connectivity index (χ1v) is 7.16. The van der Waals surface area contributed by atoms with Crippen LogP contribution in [0.15, 0.2) is 23.5 Å². The first-order valence-electron chi connectivity index (χ1n) is 5.68. The Morgan fingerprint density at radius 2 is 2.21 bits per heavy atom. The van der Waals surface area contributed by atoms with Crippen molar-refractivity contribution in [1.29, 1.82) is 0 Å². The van der Waals surface area contributed by atoms with Gasteiger partial charge in [0.25, 0.3) is 10.0 Å².